The van der Waals surface area contributed by atoms with Gasteiger partial charge in [-0.15, -0.1) is 11.3 Å². The standard InChI is InChI=1S/C15H17N3O2S/c1-10-8-21-9-13(10)17-14(19)15(20)18(3)11(2)12-6-4-5-7-16-12/h4-9,11H,1-3H3,(H,17,19). The van der Waals surface area contributed by atoms with Gasteiger partial charge in [0.1, 0.15) is 0 Å². The Morgan fingerprint density at radius 2 is 2.10 bits per heavy atom. The van der Waals surface area contributed by atoms with Gasteiger partial charge < -0.3 is 10.2 Å². The summed E-state index contributed by atoms with van der Waals surface area (Å²) < 4.78 is 0. The van der Waals surface area contributed by atoms with E-state index >= 15 is 0 Å². The molecule has 2 aromatic heterocycles. The number of hydrogen-bond acceptors (Lipinski definition) is 4. The summed E-state index contributed by atoms with van der Waals surface area (Å²) in [7, 11) is 1.60. The van der Waals surface area contributed by atoms with E-state index in [9.17, 15) is 9.59 Å². The van der Waals surface area contributed by atoms with Gasteiger partial charge in [0.25, 0.3) is 0 Å². The van der Waals surface area contributed by atoms with Crippen molar-refractivity contribution in [2.45, 2.75) is 19.9 Å². The number of nitrogens with zero attached hydrogens (tertiary/aromatic N) is 2. The summed E-state index contributed by atoms with van der Waals surface area (Å²) in [5, 5.41) is 6.36. The Labute approximate surface area is 127 Å². The van der Waals surface area contributed by atoms with Crippen LogP contribution in [-0.4, -0.2) is 28.7 Å². The van der Waals surface area contributed by atoms with Gasteiger partial charge in [-0.2, -0.15) is 0 Å². The number of likely N-dealkylation sites (N-methyl/N-ethyl adjacent to an activating group) is 1. The Balaban J connectivity index is 2.05. The predicted octanol–water partition coefficient (Wildman–Crippen LogP) is 2.61. The second-order valence-electron chi connectivity index (χ2n) is 4.77. The fourth-order valence-electron chi connectivity index (χ4n) is 1.82. The van der Waals surface area contributed by atoms with Crippen LogP contribution in [0.5, 0.6) is 0 Å². The molecule has 2 aromatic rings. The lowest BCUT2D eigenvalue weighted by molar-refractivity contribution is -0.143. The van der Waals surface area contributed by atoms with E-state index in [4.69, 9.17) is 0 Å². The van der Waals surface area contributed by atoms with Crippen molar-refractivity contribution in [3.8, 4) is 0 Å². The highest BCUT2D eigenvalue weighted by Gasteiger charge is 2.24. The number of pyridine rings is 1. The molecule has 0 aliphatic rings. The van der Waals surface area contributed by atoms with Crippen LogP contribution in [0.3, 0.4) is 0 Å². The molecule has 1 atom stereocenters. The topological polar surface area (TPSA) is 62.3 Å². The lowest BCUT2D eigenvalue weighted by Gasteiger charge is -2.23. The van der Waals surface area contributed by atoms with Gasteiger partial charge >= 0.3 is 11.8 Å². The first-order valence-corrected chi connectivity index (χ1v) is 7.47. The zero-order valence-electron chi connectivity index (χ0n) is 12.2. The molecule has 0 aliphatic carbocycles. The smallest absolute Gasteiger partial charge is 0.313 e. The van der Waals surface area contributed by atoms with Gasteiger partial charge in [-0.1, -0.05) is 6.07 Å². The van der Waals surface area contributed by atoms with Gasteiger partial charge in [0.15, 0.2) is 0 Å². The average Bonchev–Trinajstić information content (AvgIpc) is 2.91. The van der Waals surface area contributed by atoms with E-state index in [0.717, 1.165) is 11.3 Å². The van der Waals surface area contributed by atoms with E-state index in [1.54, 1.807) is 13.2 Å². The van der Waals surface area contributed by atoms with Crippen molar-refractivity contribution in [3.63, 3.8) is 0 Å². The van der Waals surface area contributed by atoms with Gasteiger partial charge in [0.2, 0.25) is 0 Å². The molecule has 21 heavy (non-hydrogen) atoms. The van der Waals surface area contributed by atoms with E-state index < -0.39 is 11.8 Å². The molecular weight excluding hydrogens is 286 g/mol. The Hall–Kier alpha value is -2.21. The molecule has 110 valence electrons. The largest absolute Gasteiger partial charge is 0.329 e. The van der Waals surface area contributed by atoms with Crippen molar-refractivity contribution in [1.29, 1.82) is 0 Å². The van der Waals surface area contributed by atoms with Gasteiger partial charge in [-0.3, -0.25) is 14.6 Å². The number of aromatic nitrogens is 1. The first-order valence-electron chi connectivity index (χ1n) is 6.52. The van der Waals surface area contributed by atoms with Crippen LogP contribution in [-0.2, 0) is 9.59 Å². The van der Waals surface area contributed by atoms with Crippen molar-refractivity contribution in [2.24, 2.45) is 0 Å². The van der Waals surface area contributed by atoms with Crippen molar-refractivity contribution < 1.29 is 9.59 Å². The van der Waals surface area contributed by atoms with E-state index in [1.165, 1.54) is 16.2 Å². The summed E-state index contributed by atoms with van der Waals surface area (Å²) in [6, 6.07) is 5.22. The molecule has 0 radical (unpaired) electrons. The van der Waals surface area contributed by atoms with E-state index in [-0.39, 0.29) is 6.04 Å². The number of hydrogen-bond donors (Lipinski definition) is 1. The first kappa shape index (κ1) is 15.2. The minimum Gasteiger partial charge on any atom is -0.329 e. The average molecular weight is 303 g/mol. The zero-order valence-corrected chi connectivity index (χ0v) is 13.0. The number of amides is 2. The molecule has 1 unspecified atom stereocenters. The fraction of sp³-hybridized carbons (Fsp3) is 0.267. The van der Waals surface area contributed by atoms with Crippen LogP contribution in [0.15, 0.2) is 35.2 Å². The van der Waals surface area contributed by atoms with Crippen LogP contribution in [0.25, 0.3) is 0 Å². The highest BCUT2D eigenvalue weighted by molar-refractivity contribution is 7.08. The second kappa shape index (κ2) is 6.49. The SMILES string of the molecule is Cc1cscc1NC(=O)C(=O)N(C)C(C)c1ccccn1. The number of carbonyl (C=O) groups is 2. The summed E-state index contributed by atoms with van der Waals surface area (Å²) in [4.78, 5) is 29.8. The highest BCUT2D eigenvalue weighted by Crippen LogP contribution is 2.20. The van der Waals surface area contributed by atoms with Crippen LogP contribution >= 0.6 is 11.3 Å². The maximum atomic E-state index is 12.2. The summed E-state index contributed by atoms with van der Waals surface area (Å²) in [6.45, 7) is 3.72. The second-order valence-corrected chi connectivity index (χ2v) is 5.51. The van der Waals surface area contributed by atoms with Crippen molar-refractivity contribution in [1.82, 2.24) is 9.88 Å². The van der Waals surface area contributed by atoms with Crippen LogP contribution < -0.4 is 5.32 Å². The molecule has 0 saturated carbocycles. The number of thiophene rings is 1. The maximum absolute atomic E-state index is 12.2. The Bertz CT molecular complexity index is 639. The van der Waals surface area contributed by atoms with E-state index in [2.05, 4.69) is 10.3 Å². The highest BCUT2D eigenvalue weighted by atomic mass is 32.1. The third-order valence-electron chi connectivity index (χ3n) is 3.32. The minimum absolute atomic E-state index is 0.270. The van der Waals surface area contributed by atoms with Crippen LogP contribution in [0.4, 0.5) is 5.69 Å². The molecular formula is C15H17N3O2S. The van der Waals surface area contributed by atoms with E-state index in [1.807, 2.05) is 42.8 Å². The molecule has 0 spiro atoms. The Kier molecular flexibility index (Phi) is 4.70. The quantitative estimate of drug-likeness (QED) is 0.887. The Morgan fingerprint density at radius 1 is 1.33 bits per heavy atom. The van der Waals surface area contributed by atoms with Crippen molar-refractivity contribution in [2.75, 3.05) is 12.4 Å². The van der Waals surface area contributed by atoms with Gasteiger partial charge in [0, 0.05) is 18.6 Å². The normalized spacial score (nSPS) is 11.8. The first-order chi connectivity index (χ1) is 10.0. The molecule has 0 aliphatic heterocycles. The molecule has 6 heteroatoms. The monoisotopic (exact) mass is 303 g/mol. The Morgan fingerprint density at radius 3 is 2.67 bits per heavy atom. The van der Waals surface area contributed by atoms with Gasteiger partial charge in [-0.25, -0.2) is 0 Å². The van der Waals surface area contributed by atoms with Crippen LogP contribution in [0.2, 0.25) is 0 Å². The number of aryl methyl sites for hydroxylation is 1. The summed E-state index contributed by atoms with van der Waals surface area (Å²) in [5.41, 5.74) is 2.37. The molecule has 2 heterocycles. The number of rotatable bonds is 3. The molecule has 0 fully saturated rings. The summed E-state index contributed by atoms with van der Waals surface area (Å²) >= 11 is 1.48. The van der Waals surface area contributed by atoms with Crippen molar-refractivity contribution >= 4 is 28.8 Å². The van der Waals surface area contributed by atoms with E-state index in [0.29, 0.717) is 5.69 Å². The van der Waals surface area contributed by atoms with Gasteiger partial charge in [0.05, 0.1) is 17.4 Å². The number of nitrogens with one attached hydrogen (secondary N) is 1. The number of anilines is 1. The predicted molar refractivity (Wildman–Crippen MR) is 83.1 cm³/mol. The van der Waals surface area contributed by atoms with Crippen LogP contribution in [0, 0.1) is 6.92 Å². The number of carbonyl (C=O) groups excluding carboxylic acids is 2. The van der Waals surface area contributed by atoms with Crippen molar-refractivity contribution in [3.05, 3.63) is 46.4 Å². The molecule has 0 saturated heterocycles. The van der Waals surface area contributed by atoms with Crippen LogP contribution in [0.1, 0.15) is 24.2 Å². The lowest BCUT2D eigenvalue weighted by Crippen LogP contribution is -2.38. The molecule has 5 nitrogen and oxygen atoms in total. The summed E-state index contributed by atoms with van der Waals surface area (Å²) in [6.07, 6.45) is 1.67. The van der Waals surface area contributed by atoms with Gasteiger partial charge in [-0.05, 0) is 36.9 Å². The molecule has 2 amide bonds. The minimum atomic E-state index is -0.637. The maximum Gasteiger partial charge on any atom is 0.313 e. The molecule has 1 N–H and O–H groups in total. The zero-order chi connectivity index (χ0) is 15.4. The third kappa shape index (κ3) is 3.46. The fourth-order valence-corrected chi connectivity index (χ4v) is 2.60. The molecule has 0 bridgehead atoms. The summed E-state index contributed by atoms with van der Waals surface area (Å²) in [5.74, 6) is -1.22. The lowest BCUT2D eigenvalue weighted by atomic mass is 10.2. The third-order valence-corrected chi connectivity index (χ3v) is 4.18. The molecule has 2 rings (SSSR count). The molecule has 0 aromatic carbocycles.